The number of anilines is 1. The summed E-state index contributed by atoms with van der Waals surface area (Å²) in [5.74, 6) is 0.232. The molecule has 0 unspecified atom stereocenters. The number of piperidine rings is 1. The highest BCUT2D eigenvalue weighted by Crippen LogP contribution is 2.24. The summed E-state index contributed by atoms with van der Waals surface area (Å²) in [5, 5.41) is 5.34. The Balaban J connectivity index is 1.35. The van der Waals surface area contributed by atoms with E-state index in [1.165, 1.54) is 4.88 Å². The Morgan fingerprint density at radius 2 is 2.00 bits per heavy atom. The van der Waals surface area contributed by atoms with E-state index in [4.69, 9.17) is 0 Å². The number of piperazine rings is 1. The van der Waals surface area contributed by atoms with Crippen LogP contribution in [0.15, 0.2) is 18.6 Å². The number of rotatable bonds is 4. The third kappa shape index (κ3) is 3.67. The van der Waals surface area contributed by atoms with Gasteiger partial charge in [0.25, 0.3) is 0 Å². The summed E-state index contributed by atoms with van der Waals surface area (Å²) in [6.45, 7) is 7.74. The average molecular weight is 375 g/mol. The van der Waals surface area contributed by atoms with Crippen LogP contribution in [0.5, 0.6) is 0 Å². The summed E-state index contributed by atoms with van der Waals surface area (Å²) in [6.07, 6.45) is 7.71. The third-order valence-electron chi connectivity index (χ3n) is 5.31. The number of hydrogen-bond acceptors (Lipinski definition) is 6. The maximum Gasteiger partial charge on any atom is 0.244 e. The van der Waals surface area contributed by atoms with Gasteiger partial charge in [-0.15, -0.1) is 11.3 Å². The molecule has 2 aliphatic rings. The lowest BCUT2D eigenvalue weighted by atomic mass is 10.0. The minimum atomic E-state index is 0.0109. The van der Waals surface area contributed by atoms with Gasteiger partial charge >= 0.3 is 0 Å². The molecule has 1 amide bonds. The highest BCUT2D eigenvalue weighted by molar-refractivity contribution is 7.11. The van der Waals surface area contributed by atoms with Crippen molar-refractivity contribution in [2.45, 2.75) is 32.4 Å². The van der Waals surface area contributed by atoms with Gasteiger partial charge in [0.1, 0.15) is 0 Å². The van der Waals surface area contributed by atoms with Crippen molar-refractivity contribution in [1.29, 1.82) is 0 Å². The number of aryl methyl sites for hydroxylation is 2. The number of carbonyl (C=O) groups excluding carboxylic acids is 1. The summed E-state index contributed by atoms with van der Waals surface area (Å²) in [4.78, 5) is 25.5. The lowest BCUT2D eigenvalue weighted by Gasteiger charge is -2.42. The molecule has 0 bridgehead atoms. The zero-order valence-corrected chi connectivity index (χ0v) is 16.3. The molecule has 0 N–H and O–H groups in total. The molecule has 2 fully saturated rings. The van der Waals surface area contributed by atoms with Gasteiger partial charge in [0.15, 0.2) is 0 Å². The second kappa shape index (κ2) is 7.46. The minimum absolute atomic E-state index is 0.0109. The van der Waals surface area contributed by atoms with Crippen LogP contribution in [0.1, 0.15) is 22.7 Å². The SMILES string of the molecule is Cc1ncc(CN2CCN([C@H]3CCCN(c4cnn(C)c4)C3=O)CC2)s1. The number of aromatic nitrogens is 3. The Hall–Kier alpha value is -1.77. The third-order valence-corrected chi connectivity index (χ3v) is 6.21. The van der Waals surface area contributed by atoms with Gasteiger partial charge in [0.2, 0.25) is 5.91 Å². The van der Waals surface area contributed by atoms with Gasteiger partial charge in [0, 0.05) is 63.6 Å². The van der Waals surface area contributed by atoms with Crippen molar-refractivity contribution >= 4 is 22.9 Å². The van der Waals surface area contributed by atoms with Crippen LogP contribution in [0.4, 0.5) is 5.69 Å². The first-order valence-electron chi connectivity index (χ1n) is 9.28. The molecule has 2 aromatic rings. The van der Waals surface area contributed by atoms with Crippen molar-refractivity contribution in [3.05, 3.63) is 28.5 Å². The predicted molar refractivity (Wildman–Crippen MR) is 102 cm³/mol. The standard InChI is InChI=1S/C18H26N6OS/c1-14-19-11-16(26-14)13-22-6-8-23(9-7-22)17-4-3-5-24(18(17)25)15-10-20-21(2)12-15/h10-12,17H,3-9,13H2,1-2H3/t17-/m0/s1. The molecular weight excluding hydrogens is 348 g/mol. The van der Waals surface area contributed by atoms with Crippen molar-refractivity contribution in [2.75, 3.05) is 37.6 Å². The van der Waals surface area contributed by atoms with E-state index in [1.807, 2.05) is 24.3 Å². The van der Waals surface area contributed by atoms with E-state index in [1.54, 1.807) is 22.2 Å². The monoisotopic (exact) mass is 374 g/mol. The fourth-order valence-electron chi connectivity index (χ4n) is 3.93. The van der Waals surface area contributed by atoms with Gasteiger partial charge in [-0.05, 0) is 19.8 Å². The minimum Gasteiger partial charge on any atom is -0.308 e. The second-order valence-corrected chi connectivity index (χ2v) is 8.50. The average Bonchev–Trinajstić information content (AvgIpc) is 3.24. The fraction of sp³-hybridized carbons (Fsp3) is 0.611. The van der Waals surface area contributed by atoms with E-state index in [2.05, 4.69) is 26.8 Å². The molecule has 4 rings (SSSR count). The van der Waals surface area contributed by atoms with Crippen molar-refractivity contribution in [3.8, 4) is 0 Å². The lowest BCUT2D eigenvalue weighted by molar-refractivity contribution is -0.126. The molecular formula is C18H26N6OS. The maximum atomic E-state index is 13.0. The Morgan fingerprint density at radius 3 is 2.65 bits per heavy atom. The van der Waals surface area contributed by atoms with Crippen LogP contribution in [-0.2, 0) is 18.4 Å². The van der Waals surface area contributed by atoms with E-state index in [0.29, 0.717) is 0 Å². The second-order valence-electron chi connectivity index (χ2n) is 7.18. The molecule has 0 radical (unpaired) electrons. The van der Waals surface area contributed by atoms with Crippen molar-refractivity contribution in [1.82, 2.24) is 24.6 Å². The van der Waals surface area contributed by atoms with Gasteiger partial charge in [-0.25, -0.2) is 4.98 Å². The van der Waals surface area contributed by atoms with Crippen LogP contribution in [0.2, 0.25) is 0 Å². The first-order chi connectivity index (χ1) is 12.6. The van der Waals surface area contributed by atoms with Gasteiger partial charge in [-0.1, -0.05) is 0 Å². The van der Waals surface area contributed by atoms with Gasteiger partial charge in [-0.3, -0.25) is 19.3 Å². The van der Waals surface area contributed by atoms with Crippen molar-refractivity contribution in [2.24, 2.45) is 7.05 Å². The Morgan fingerprint density at radius 1 is 1.19 bits per heavy atom. The summed E-state index contributed by atoms with van der Waals surface area (Å²) in [6, 6.07) is 0.0109. The van der Waals surface area contributed by atoms with Crippen molar-refractivity contribution in [3.63, 3.8) is 0 Å². The Labute approximate surface area is 158 Å². The zero-order chi connectivity index (χ0) is 18.1. The predicted octanol–water partition coefficient (Wildman–Crippen LogP) is 1.50. The highest BCUT2D eigenvalue weighted by Gasteiger charge is 2.35. The highest BCUT2D eigenvalue weighted by atomic mass is 32.1. The Bertz CT molecular complexity index is 763. The van der Waals surface area contributed by atoms with E-state index in [9.17, 15) is 4.79 Å². The normalized spacial score (nSPS) is 22.9. The molecule has 140 valence electrons. The van der Waals surface area contributed by atoms with E-state index in [0.717, 1.165) is 62.8 Å². The smallest absolute Gasteiger partial charge is 0.244 e. The van der Waals surface area contributed by atoms with Crippen molar-refractivity contribution < 1.29 is 4.79 Å². The molecule has 26 heavy (non-hydrogen) atoms. The van der Waals surface area contributed by atoms with Gasteiger partial charge in [0.05, 0.1) is 22.9 Å². The van der Waals surface area contributed by atoms with Crippen LogP contribution in [0.25, 0.3) is 0 Å². The quantitative estimate of drug-likeness (QED) is 0.812. The Kier molecular flexibility index (Phi) is 5.06. The fourth-order valence-corrected chi connectivity index (χ4v) is 4.77. The van der Waals surface area contributed by atoms with Crippen LogP contribution in [0, 0.1) is 6.92 Å². The number of nitrogens with zero attached hydrogens (tertiary/aromatic N) is 6. The van der Waals surface area contributed by atoms with E-state index < -0.39 is 0 Å². The topological polar surface area (TPSA) is 57.5 Å². The summed E-state index contributed by atoms with van der Waals surface area (Å²) < 4.78 is 1.76. The largest absolute Gasteiger partial charge is 0.308 e. The molecule has 0 spiro atoms. The van der Waals surface area contributed by atoms with Crippen LogP contribution < -0.4 is 4.90 Å². The summed E-state index contributed by atoms with van der Waals surface area (Å²) in [7, 11) is 1.89. The number of hydrogen-bond donors (Lipinski definition) is 0. The molecule has 8 heteroatoms. The molecule has 1 atom stereocenters. The van der Waals surface area contributed by atoms with Crippen LogP contribution in [-0.4, -0.2) is 69.2 Å². The number of thiazole rings is 1. The van der Waals surface area contributed by atoms with Gasteiger partial charge in [-0.2, -0.15) is 5.10 Å². The molecule has 4 heterocycles. The molecule has 0 aliphatic carbocycles. The first-order valence-corrected chi connectivity index (χ1v) is 10.1. The molecule has 2 aromatic heterocycles. The molecule has 0 saturated carbocycles. The molecule has 0 aromatic carbocycles. The molecule has 7 nitrogen and oxygen atoms in total. The maximum absolute atomic E-state index is 13.0. The lowest BCUT2D eigenvalue weighted by Crippen LogP contribution is -2.57. The summed E-state index contributed by atoms with van der Waals surface area (Å²) in [5.41, 5.74) is 0.918. The van der Waals surface area contributed by atoms with Crippen LogP contribution in [0.3, 0.4) is 0 Å². The molecule has 2 saturated heterocycles. The van der Waals surface area contributed by atoms with E-state index in [-0.39, 0.29) is 11.9 Å². The number of carbonyl (C=O) groups is 1. The van der Waals surface area contributed by atoms with Gasteiger partial charge < -0.3 is 4.90 Å². The molecule has 2 aliphatic heterocycles. The zero-order valence-electron chi connectivity index (χ0n) is 15.5. The van der Waals surface area contributed by atoms with Crippen LogP contribution >= 0.6 is 11.3 Å². The summed E-state index contributed by atoms with van der Waals surface area (Å²) >= 11 is 1.78. The first kappa shape index (κ1) is 17.6. The van der Waals surface area contributed by atoms with E-state index >= 15 is 0 Å². The number of amides is 1.